The van der Waals surface area contributed by atoms with E-state index < -0.39 is 6.10 Å². The van der Waals surface area contributed by atoms with E-state index in [9.17, 15) is 9.59 Å². The molecular formula is C21H23BrN2O3. The summed E-state index contributed by atoms with van der Waals surface area (Å²) in [5.74, 6) is 0.533. The molecule has 1 aliphatic rings. The van der Waals surface area contributed by atoms with E-state index in [4.69, 9.17) is 4.74 Å². The topological polar surface area (TPSA) is 58.6 Å². The molecule has 0 aromatic heterocycles. The summed E-state index contributed by atoms with van der Waals surface area (Å²) in [5.41, 5.74) is 0.798. The highest BCUT2D eigenvalue weighted by Gasteiger charge is 2.28. The van der Waals surface area contributed by atoms with E-state index in [2.05, 4.69) is 21.2 Å². The van der Waals surface area contributed by atoms with E-state index in [0.717, 1.165) is 22.9 Å². The van der Waals surface area contributed by atoms with Gasteiger partial charge in [-0.15, -0.1) is 0 Å². The highest BCUT2D eigenvalue weighted by Crippen LogP contribution is 2.29. The normalized spacial score (nSPS) is 15.9. The number of ether oxygens (including phenoxy) is 1. The summed E-state index contributed by atoms with van der Waals surface area (Å²) in [6.45, 7) is 2.92. The van der Waals surface area contributed by atoms with Gasteiger partial charge >= 0.3 is 0 Å². The van der Waals surface area contributed by atoms with Crippen molar-refractivity contribution in [3.8, 4) is 5.75 Å². The molecule has 142 valence electrons. The highest BCUT2D eigenvalue weighted by molar-refractivity contribution is 9.10. The van der Waals surface area contributed by atoms with Crippen LogP contribution in [0.25, 0.3) is 0 Å². The fourth-order valence-corrected chi connectivity index (χ4v) is 3.56. The Labute approximate surface area is 167 Å². The first-order chi connectivity index (χ1) is 13.0. The van der Waals surface area contributed by atoms with Crippen molar-refractivity contribution in [1.29, 1.82) is 0 Å². The van der Waals surface area contributed by atoms with Crippen LogP contribution < -0.4 is 10.1 Å². The van der Waals surface area contributed by atoms with Gasteiger partial charge in [0.05, 0.1) is 4.47 Å². The number of hydrogen-bond acceptors (Lipinski definition) is 3. The molecule has 1 saturated heterocycles. The molecule has 0 radical (unpaired) electrons. The van der Waals surface area contributed by atoms with E-state index in [1.807, 2.05) is 59.5 Å². The minimum atomic E-state index is -0.740. The van der Waals surface area contributed by atoms with Crippen LogP contribution in [0.4, 0.5) is 0 Å². The summed E-state index contributed by atoms with van der Waals surface area (Å²) in [7, 11) is 0. The maximum Gasteiger partial charge on any atom is 0.266 e. The quantitative estimate of drug-likeness (QED) is 0.786. The first-order valence-corrected chi connectivity index (χ1v) is 9.86. The van der Waals surface area contributed by atoms with E-state index in [-0.39, 0.29) is 17.9 Å². The Morgan fingerprint density at radius 3 is 2.33 bits per heavy atom. The average Bonchev–Trinajstić information content (AvgIpc) is 2.68. The van der Waals surface area contributed by atoms with Crippen LogP contribution in [0.1, 0.15) is 31.4 Å². The Balaban J connectivity index is 1.72. The zero-order chi connectivity index (χ0) is 19.2. The van der Waals surface area contributed by atoms with Crippen LogP contribution in [0, 0.1) is 0 Å². The van der Waals surface area contributed by atoms with Gasteiger partial charge in [0.2, 0.25) is 12.0 Å². The molecule has 0 bridgehead atoms. The van der Waals surface area contributed by atoms with Crippen molar-refractivity contribution in [1.82, 2.24) is 10.2 Å². The van der Waals surface area contributed by atoms with Crippen molar-refractivity contribution in [2.24, 2.45) is 0 Å². The van der Waals surface area contributed by atoms with E-state index in [1.165, 1.54) is 0 Å². The smallest absolute Gasteiger partial charge is 0.266 e. The summed E-state index contributed by atoms with van der Waals surface area (Å²) in [6.07, 6.45) is 0.764. The van der Waals surface area contributed by atoms with Gasteiger partial charge in [0.15, 0.2) is 0 Å². The molecule has 1 atom stereocenters. The lowest BCUT2D eigenvalue weighted by Crippen LogP contribution is -2.47. The molecule has 0 aliphatic carbocycles. The number of nitrogens with zero attached hydrogens (tertiary/aromatic N) is 1. The van der Waals surface area contributed by atoms with E-state index in [0.29, 0.717) is 18.8 Å². The minimum absolute atomic E-state index is 0.0436. The number of hydrogen-bond donors (Lipinski definition) is 1. The number of halogens is 1. The van der Waals surface area contributed by atoms with Crippen LogP contribution in [-0.4, -0.2) is 35.8 Å². The van der Waals surface area contributed by atoms with Crippen LogP contribution in [0.2, 0.25) is 0 Å². The third-order valence-electron chi connectivity index (χ3n) is 4.71. The average molecular weight is 431 g/mol. The summed E-state index contributed by atoms with van der Waals surface area (Å²) in [4.78, 5) is 26.3. The summed E-state index contributed by atoms with van der Waals surface area (Å²) < 4.78 is 6.87. The maximum absolute atomic E-state index is 13.0. The number of carbonyl (C=O) groups is 2. The molecule has 1 N–H and O–H groups in total. The number of carbonyl (C=O) groups excluding carboxylic acids is 2. The number of rotatable bonds is 5. The predicted molar refractivity (Wildman–Crippen MR) is 107 cm³/mol. The first kappa shape index (κ1) is 19.4. The predicted octanol–water partition coefficient (Wildman–Crippen LogP) is 3.70. The molecule has 2 amide bonds. The van der Waals surface area contributed by atoms with Crippen LogP contribution in [0.15, 0.2) is 59.1 Å². The summed E-state index contributed by atoms with van der Waals surface area (Å²) in [6, 6.07) is 17.0. The van der Waals surface area contributed by atoms with Crippen molar-refractivity contribution >= 4 is 27.7 Å². The minimum Gasteiger partial charge on any atom is -0.475 e. The second-order valence-corrected chi connectivity index (χ2v) is 7.48. The van der Waals surface area contributed by atoms with Gasteiger partial charge in [-0.3, -0.25) is 9.59 Å². The number of nitrogens with one attached hydrogen (secondary N) is 1. The van der Waals surface area contributed by atoms with Gasteiger partial charge in [0.1, 0.15) is 5.75 Å². The van der Waals surface area contributed by atoms with Crippen LogP contribution >= 0.6 is 15.9 Å². The number of piperidine rings is 1. The molecule has 0 spiro atoms. The Bertz CT molecular complexity index is 789. The molecule has 1 unspecified atom stereocenters. The molecule has 2 aromatic rings. The van der Waals surface area contributed by atoms with Gasteiger partial charge in [-0.25, -0.2) is 0 Å². The number of likely N-dealkylation sites (tertiary alicyclic amines) is 1. The Morgan fingerprint density at radius 1 is 1.07 bits per heavy atom. The van der Waals surface area contributed by atoms with Crippen molar-refractivity contribution in [3.05, 3.63) is 64.6 Å². The molecule has 1 aliphatic heterocycles. The van der Waals surface area contributed by atoms with Crippen molar-refractivity contribution in [2.75, 3.05) is 13.1 Å². The first-order valence-electron chi connectivity index (χ1n) is 9.06. The molecule has 1 fully saturated rings. The highest BCUT2D eigenvalue weighted by atomic mass is 79.9. The molecule has 6 heteroatoms. The third-order valence-corrected chi connectivity index (χ3v) is 5.36. The third kappa shape index (κ3) is 5.10. The van der Waals surface area contributed by atoms with Gasteiger partial charge in [-0.05, 0) is 40.9 Å². The number of amides is 2. The van der Waals surface area contributed by atoms with Gasteiger partial charge < -0.3 is 15.0 Å². The second kappa shape index (κ2) is 9.04. The Morgan fingerprint density at radius 2 is 1.70 bits per heavy atom. The summed E-state index contributed by atoms with van der Waals surface area (Å²) in [5, 5.41) is 3.10. The molecule has 1 heterocycles. The standard InChI is InChI=1S/C21H23BrN2O3/c1-15(25)24-13-11-17(12-14-24)23-21(26)20(16-7-3-2-4-8-16)27-19-10-6-5-9-18(19)22/h2-10,17,20H,11-14H2,1H3,(H,23,26). The molecule has 2 aromatic carbocycles. The Kier molecular flexibility index (Phi) is 6.50. The monoisotopic (exact) mass is 430 g/mol. The zero-order valence-electron chi connectivity index (χ0n) is 15.2. The molecular weight excluding hydrogens is 408 g/mol. The van der Waals surface area contributed by atoms with Crippen molar-refractivity contribution < 1.29 is 14.3 Å². The molecule has 27 heavy (non-hydrogen) atoms. The molecule has 5 nitrogen and oxygen atoms in total. The lowest BCUT2D eigenvalue weighted by Gasteiger charge is -2.32. The van der Waals surface area contributed by atoms with Gasteiger partial charge in [-0.2, -0.15) is 0 Å². The SMILES string of the molecule is CC(=O)N1CCC(NC(=O)C(Oc2ccccc2Br)c2ccccc2)CC1. The number of para-hydroxylation sites is 1. The molecule has 0 saturated carbocycles. The molecule has 3 rings (SSSR count). The van der Waals surface area contributed by atoms with E-state index >= 15 is 0 Å². The van der Waals surface area contributed by atoms with Crippen LogP contribution in [0.3, 0.4) is 0 Å². The van der Waals surface area contributed by atoms with Gasteiger partial charge in [0, 0.05) is 31.6 Å². The second-order valence-electron chi connectivity index (χ2n) is 6.63. The van der Waals surface area contributed by atoms with Crippen molar-refractivity contribution in [3.63, 3.8) is 0 Å². The number of benzene rings is 2. The van der Waals surface area contributed by atoms with Gasteiger partial charge in [0.25, 0.3) is 5.91 Å². The Hall–Kier alpha value is -2.34. The van der Waals surface area contributed by atoms with Crippen LogP contribution in [0.5, 0.6) is 5.75 Å². The lowest BCUT2D eigenvalue weighted by molar-refractivity contribution is -0.131. The van der Waals surface area contributed by atoms with E-state index in [1.54, 1.807) is 6.92 Å². The van der Waals surface area contributed by atoms with Crippen LogP contribution in [-0.2, 0) is 9.59 Å². The summed E-state index contributed by atoms with van der Waals surface area (Å²) >= 11 is 3.47. The fourth-order valence-electron chi connectivity index (χ4n) is 3.18. The van der Waals surface area contributed by atoms with Gasteiger partial charge in [-0.1, -0.05) is 42.5 Å². The zero-order valence-corrected chi connectivity index (χ0v) is 16.8. The maximum atomic E-state index is 13.0. The fraction of sp³-hybridized carbons (Fsp3) is 0.333. The largest absolute Gasteiger partial charge is 0.475 e. The van der Waals surface area contributed by atoms with Crippen molar-refractivity contribution in [2.45, 2.75) is 31.9 Å². The lowest BCUT2D eigenvalue weighted by atomic mass is 10.0.